The number of anilines is 1. The number of nitrogens with zero attached hydrogens (tertiary/aromatic N) is 1. The van der Waals surface area contributed by atoms with E-state index in [1.54, 1.807) is 29.0 Å². The van der Waals surface area contributed by atoms with Crippen molar-refractivity contribution in [2.24, 2.45) is 0 Å². The van der Waals surface area contributed by atoms with Crippen molar-refractivity contribution in [2.45, 2.75) is 6.54 Å². The van der Waals surface area contributed by atoms with Crippen molar-refractivity contribution >= 4 is 33.8 Å². The predicted molar refractivity (Wildman–Crippen MR) is 80.3 cm³/mol. The highest BCUT2D eigenvalue weighted by atomic mass is 32.1. The highest BCUT2D eigenvalue weighted by Gasteiger charge is 2.10. The third-order valence-electron chi connectivity index (χ3n) is 3.10. The first-order valence-electron chi connectivity index (χ1n) is 6.11. The molecule has 4 nitrogen and oxygen atoms in total. The number of carbonyl (C=O) groups is 1. The van der Waals surface area contributed by atoms with Crippen molar-refractivity contribution in [3.05, 3.63) is 58.5 Å². The minimum Gasteiger partial charge on any atom is -0.478 e. The molecule has 3 rings (SSSR count). The first-order valence-corrected chi connectivity index (χ1v) is 7.06. The topological polar surface area (TPSA) is 62.2 Å². The Bertz CT molecular complexity index is 754. The van der Waals surface area contributed by atoms with E-state index >= 15 is 0 Å². The van der Waals surface area contributed by atoms with Gasteiger partial charge in [-0.15, -0.1) is 11.3 Å². The molecule has 20 heavy (non-hydrogen) atoms. The Morgan fingerprint density at radius 3 is 2.70 bits per heavy atom. The molecule has 5 heteroatoms. The Morgan fingerprint density at radius 1 is 1.20 bits per heavy atom. The van der Waals surface area contributed by atoms with Crippen LogP contribution in [0.5, 0.6) is 0 Å². The number of hydrogen-bond acceptors (Lipinski definition) is 4. The molecule has 2 N–H and O–H groups in total. The maximum Gasteiger partial charge on any atom is 0.336 e. The summed E-state index contributed by atoms with van der Waals surface area (Å²) in [6, 6.07) is 10.9. The molecule has 100 valence electrons. The number of rotatable bonds is 4. The van der Waals surface area contributed by atoms with E-state index in [0.29, 0.717) is 12.1 Å². The standard InChI is InChI=1S/C15H12N2O2S/c18-15(19)13-5-6-14(12-4-2-1-3-11(12)13)16-7-10-8-20-9-17-10/h1-6,8-9,16H,7H2,(H,18,19). The number of hydrogen-bond donors (Lipinski definition) is 2. The molecule has 0 saturated carbocycles. The summed E-state index contributed by atoms with van der Waals surface area (Å²) in [6.45, 7) is 0.625. The fourth-order valence-electron chi connectivity index (χ4n) is 2.15. The first-order chi connectivity index (χ1) is 9.75. The lowest BCUT2D eigenvalue weighted by molar-refractivity contribution is 0.0699. The van der Waals surface area contributed by atoms with Crippen LogP contribution in [0.1, 0.15) is 16.1 Å². The van der Waals surface area contributed by atoms with Crippen LogP contribution in [-0.4, -0.2) is 16.1 Å². The summed E-state index contributed by atoms with van der Waals surface area (Å²) in [6.07, 6.45) is 0. The number of thiazole rings is 1. The largest absolute Gasteiger partial charge is 0.478 e. The van der Waals surface area contributed by atoms with Gasteiger partial charge in [0, 0.05) is 16.5 Å². The summed E-state index contributed by atoms with van der Waals surface area (Å²) < 4.78 is 0. The fraction of sp³-hybridized carbons (Fsp3) is 0.0667. The molecule has 0 fully saturated rings. The van der Waals surface area contributed by atoms with Crippen LogP contribution in [0.15, 0.2) is 47.3 Å². The van der Waals surface area contributed by atoms with Crippen molar-refractivity contribution in [2.75, 3.05) is 5.32 Å². The van der Waals surface area contributed by atoms with Crippen LogP contribution in [0.2, 0.25) is 0 Å². The van der Waals surface area contributed by atoms with Gasteiger partial charge in [-0.25, -0.2) is 9.78 Å². The highest BCUT2D eigenvalue weighted by Crippen LogP contribution is 2.27. The normalized spacial score (nSPS) is 10.6. The van der Waals surface area contributed by atoms with E-state index in [1.165, 1.54) is 0 Å². The predicted octanol–water partition coefficient (Wildman–Crippen LogP) is 3.61. The molecule has 0 bridgehead atoms. The molecule has 0 saturated heterocycles. The number of fused-ring (bicyclic) bond motifs is 1. The third-order valence-corrected chi connectivity index (χ3v) is 3.73. The fourth-order valence-corrected chi connectivity index (χ4v) is 2.71. The molecule has 0 aliphatic rings. The zero-order valence-electron chi connectivity index (χ0n) is 10.5. The number of aromatic nitrogens is 1. The van der Waals surface area contributed by atoms with Crippen molar-refractivity contribution < 1.29 is 9.90 Å². The monoisotopic (exact) mass is 284 g/mol. The Kier molecular flexibility index (Phi) is 3.35. The van der Waals surface area contributed by atoms with Crippen LogP contribution in [0.3, 0.4) is 0 Å². The van der Waals surface area contributed by atoms with Gasteiger partial charge in [0.2, 0.25) is 0 Å². The quantitative estimate of drug-likeness (QED) is 0.768. The molecule has 2 aromatic carbocycles. The number of nitrogens with one attached hydrogen (secondary N) is 1. The van der Waals surface area contributed by atoms with E-state index < -0.39 is 5.97 Å². The number of carboxylic acids is 1. The maximum atomic E-state index is 11.2. The first kappa shape index (κ1) is 12.6. The molecule has 0 aliphatic carbocycles. The average Bonchev–Trinajstić information content (AvgIpc) is 2.97. The van der Waals surface area contributed by atoms with Crippen molar-refractivity contribution in [1.82, 2.24) is 4.98 Å². The minimum absolute atomic E-state index is 0.319. The van der Waals surface area contributed by atoms with E-state index in [4.69, 9.17) is 0 Å². The lowest BCUT2D eigenvalue weighted by Gasteiger charge is -2.10. The van der Waals surface area contributed by atoms with Crippen molar-refractivity contribution in [1.29, 1.82) is 0 Å². The summed E-state index contributed by atoms with van der Waals surface area (Å²) >= 11 is 1.56. The van der Waals surface area contributed by atoms with Gasteiger partial charge in [0.1, 0.15) is 0 Å². The molecule has 0 aliphatic heterocycles. The van der Waals surface area contributed by atoms with Crippen LogP contribution in [-0.2, 0) is 6.54 Å². The summed E-state index contributed by atoms with van der Waals surface area (Å²) in [5.41, 5.74) is 4.00. The lowest BCUT2D eigenvalue weighted by atomic mass is 10.0. The van der Waals surface area contributed by atoms with Crippen LogP contribution in [0, 0.1) is 0 Å². The van der Waals surface area contributed by atoms with Gasteiger partial charge in [-0.05, 0) is 17.5 Å². The van der Waals surface area contributed by atoms with Crippen molar-refractivity contribution in [3.8, 4) is 0 Å². The van der Waals surface area contributed by atoms with E-state index in [2.05, 4.69) is 10.3 Å². The Balaban J connectivity index is 1.99. The molecule has 1 aromatic heterocycles. The van der Waals surface area contributed by atoms with Crippen LogP contribution in [0.4, 0.5) is 5.69 Å². The van der Waals surface area contributed by atoms with Gasteiger partial charge in [0.05, 0.1) is 23.3 Å². The van der Waals surface area contributed by atoms with Crippen LogP contribution < -0.4 is 5.32 Å². The molecule has 0 unspecified atom stereocenters. The molecule has 0 radical (unpaired) electrons. The smallest absolute Gasteiger partial charge is 0.336 e. The summed E-state index contributed by atoms with van der Waals surface area (Å²) in [5.74, 6) is -0.910. The highest BCUT2D eigenvalue weighted by molar-refractivity contribution is 7.07. The number of benzene rings is 2. The van der Waals surface area contributed by atoms with Gasteiger partial charge < -0.3 is 10.4 Å². The molecule has 3 aromatic rings. The van der Waals surface area contributed by atoms with Gasteiger partial charge in [-0.2, -0.15) is 0 Å². The van der Waals surface area contributed by atoms with Gasteiger partial charge in [-0.3, -0.25) is 0 Å². The van der Waals surface area contributed by atoms with E-state index in [0.717, 1.165) is 22.2 Å². The lowest BCUT2D eigenvalue weighted by Crippen LogP contribution is -2.03. The maximum absolute atomic E-state index is 11.2. The van der Waals surface area contributed by atoms with E-state index in [9.17, 15) is 9.90 Å². The zero-order chi connectivity index (χ0) is 13.9. The Morgan fingerprint density at radius 2 is 2.00 bits per heavy atom. The van der Waals surface area contributed by atoms with Gasteiger partial charge >= 0.3 is 5.97 Å². The van der Waals surface area contributed by atoms with E-state index in [1.807, 2.05) is 29.6 Å². The van der Waals surface area contributed by atoms with Crippen molar-refractivity contribution in [3.63, 3.8) is 0 Å². The van der Waals surface area contributed by atoms with Gasteiger partial charge in [-0.1, -0.05) is 24.3 Å². The van der Waals surface area contributed by atoms with Crippen LogP contribution in [0.25, 0.3) is 10.8 Å². The second-order valence-corrected chi connectivity index (χ2v) is 5.06. The Hall–Kier alpha value is -2.40. The molecule has 0 atom stereocenters. The summed E-state index contributed by atoms with van der Waals surface area (Å²) in [7, 11) is 0. The zero-order valence-corrected chi connectivity index (χ0v) is 11.4. The molecular weight excluding hydrogens is 272 g/mol. The second-order valence-electron chi connectivity index (χ2n) is 4.34. The molecule has 0 spiro atoms. The number of aromatic carboxylic acids is 1. The molecule has 1 heterocycles. The summed E-state index contributed by atoms with van der Waals surface area (Å²) in [5, 5.41) is 16.2. The SMILES string of the molecule is O=C(O)c1ccc(NCc2cscn2)c2ccccc12. The average molecular weight is 284 g/mol. The van der Waals surface area contributed by atoms with Gasteiger partial charge in [0.25, 0.3) is 0 Å². The van der Waals surface area contributed by atoms with E-state index in [-0.39, 0.29) is 0 Å². The Labute approximate surface area is 119 Å². The molecule has 0 amide bonds. The minimum atomic E-state index is -0.910. The van der Waals surface area contributed by atoms with Crippen LogP contribution >= 0.6 is 11.3 Å². The summed E-state index contributed by atoms with van der Waals surface area (Å²) in [4.78, 5) is 15.5. The third kappa shape index (κ3) is 2.35. The second kappa shape index (κ2) is 5.30. The number of carboxylic acid groups (broad SMARTS) is 1. The molecular formula is C15H12N2O2S. The van der Waals surface area contributed by atoms with Gasteiger partial charge in [0.15, 0.2) is 0 Å².